The van der Waals surface area contributed by atoms with Gasteiger partial charge in [0.05, 0.1) is 17.9 Å². The van der Waals surface area contributed by atoms with Crippen molar-refractivity contribution in [2.45, 2.75) is 52.5 Å². The Hall–Kier alpha value is -1.78. The lowest BCUT2D eigenvalue weighted by Gasteiger charge is -2.28. The summed E-state index contributed by atoms with van der Waals surface area (Å²) in [4.78, 5) is 23.7. The zero-order chi connectivity index (χ0) is 15.6. The van der Waals surface area contributed by atoms with Crippen LogP contribution in [0.15, 0.2) is 10.5 Å². The van der Waals surface area contributed by atoms with Crippen molar-refractivity contribution in [3.63, 3.8) is 0 Å². The zero-order valence-electron chi connectivity index (χ0n) is 12.8. The van der Waals surface area contributed by atoms with Gasteiger partial charge >= 0.3 is 5.97 Å². The lowest BCUT2D eigenvalue weighted by Crippen LogP contribution is -2.40. The molecule has 1 aromatic heterocycles. The van der Waals surface area contributed by atoms with E-state index in [1.807, 2.05) is 26.8 Å². The molecule has 1 saturated carbocycles. The number of nitrogens with one attached hydrogen (secondary N) is 1. The summed E-state index contributed by atoms with van der Waals surface area (Å²) in [5.74, 6) is -0.403. The highest BCUT2D eigenvalue weighted by Gasteiger charge is 2.36. The van der Waals surface area contributed by atoms with E-state index < -0.39 is 17.8 Å². The second-order valence-corrected chi connectivity index (χ2v) is 5.93. The van der Waals surface area contributed by atoms with Crippen LogP contribution in [-0.4, -0.2) is 17.0 Å². The van der Waals surface area contributed by atoms with E-state index in [4.69, 9.17) is 4.42 Å². The first-order chi connectivity index (χ1) is 9.90. The van der Waals surface area contributed by atoms with Gasteiger partial charge in [-0.15, -0.1) is 0 Å². The third-order valence-corrected chi connectivity index (χ3v) is 4.32. The summed E-state index contributed by atoms with van der Waals surface area (Å²) in [6, 6.07) is 1.74. The molecule has 0 bridgehead atoms. The van der Waals surface area contributed by atoms with Crippen LogP contribution in [-0.2, 0) is 9.59 Å². The van der Waals surface area contributed by atoms with Crippen LogP contribution in [0.4, 0.5) is 0 Å². The molecule has 21 heavy (non-hydrogen) atoms. The summed E-state index contributed by atoms with van der Waals surface area (Å²) < 4.78 is 5.48. The molecule has 116 valence electrons. The van der Waals surface area contributed by atoms with E-state index >= 15 is 0 Å². The van der Waals surface area contributed by atoms with Gasteiger partial charge in [-0.05, 0) is 39.7 Å². The molecule has 1 aliphatic carbocycles. The Labute approximate surface area is 124 Å². The minimum atomic E-state index is -0.863. The van der Waals surface area contributed by atoms with Crippen LogP contribution in [0.2, 0.25) is 0 Å². The number of carboxylic acid groups (broad SMARTS) is 1. The van der Waals surface area contributed by atoms with Gasteiger partial charge in [-0.25, -0.2) is 0 Å². The standard InChI is InChI=1S/C16H23NO4/c1-9-8-14(11(3)21-9)10(2)17-15(18)12-6-4-5-7-13(12)16(19)20/h8,10,12-13H,4-7H2,1-3H3,(H,17,18)(H,19,20). The molecule has 1 amide bonds. The average molecular weight is 293 g/mol. The van der Waals surface area contributed by atoms with Gasteiger partial charge in [0.25, 0.3) is 0 Å². The fourth-order valence-corrected chi connectivity index (χ4v) is 3.22. The van der Waals surface area contributed by atoms with Gasteiger partial charge in [-0.1, -0.05) is 12.8 Å². The maximum atomic E-state index is 12.4. The second kappa shape index (κ2) is 6.33. The van der Waals surface area contributed by atoms with Gasteiger partial charge in [-0.2, -0.15) is 0 Å². The van der Waals surface area contributed by atoms with Crippen LogP contribution in [0.3, 0.4) is 0 Å². The van der Waals surface area contributed by atoms with E-state index in [0.29, 0.717) is 12.8 Å². The Morgan fingerprint density at radius 1 is 1.29 bits per heavy atom. The van der Waals surface area contributed by atoms with E-state index in [2.05, 4.69) is 5.32 Å². The molecule has 2 rings (SSSR count). The van der Waals surface area contributed by atoms with Gasteiger partial charge in [0.2, 0.25) is 5.91 Å². The maximum Gasteiger partial charge on any atom is 0.307 e. The number of rotatable bonds is 4. The van der Waals surface area contributed by atoms with Gasteiger partial charge in [0.1, 0.15) is 11.5 Å². The normalized spacial score (nSPS) is 23.6. The average Bonchev–Trinajstić information content (AvgIpc) is 2.77. The molecule has 0 saturated heterocycles. The molecular formula is C16H23NO4. The van der Waals surface area contributed by atoms with Crippen molar-refractivity contribution in [2.75, 3.05) is 0 Å². The molecule has 0 aromatic carbocycles. The Balaban J connectivity index is 2.06. The molecule has 1 fully saturated rings. The maximum absolute atomic E-state index is 12.4. The van der Waals surface area contributed by atoms with E-state index in [1.165, 1.54) is 0 Å². The summed E-state index contributed by atoms with van der Waals surface area (Å²) in [6.45, 7) is 5.63. The predicted molar refractivity (Wildman–Crippen MR) is 77.8 cm³/mol. The highest BCUT2D eigenvalue weighted by molar-refractivity contribution is 5.85. The first-order valence-electron chi connectivity index (χ1n) is 7.50. The van der Waals surface area contributed by atoms with E-state index in [-0.39, 0.29) is 11.9 Å². The van der Waals surface area contributed by atoms with Crippen LogP contribution in [0.1, 0.15) is 55.7 Å². The molecular weight excluding hydrogens is 270 g/mol. The summed E-state index contributed by atoms with van der Waals surface area (Å²) in [6.07, 6.45) is 3.04. The molecule has 1 heterocycles. The highest BCUT2D eigenvalue weighted by atomic mass is 16.4. The van der Waals surface area contributed by atoms with Gasteiger partial charge < -0.3 is 14.8 Å². The largest absolute Gasteiger partial charge is 0.481 e. The third kappa shape index (κ3) is 3.46. The number of aryl methyl sites for hydroxylation is 2. The van der Waals surface area contributed by atoms with Crippen LogP contribution in [0, 0.1) is 25.7 Å². The first-order valence-corrected chi connectivity index (χ1v) is 7.50. The quantitative estimate of drug-likeness (QED) is 0.894. The van der Waals surface area contributed by atoms with Gasteiger partial charge in [-0.3, -0.25) is 9.59 Å². The van der Waals surface area contributed by atoms with E-state index in [1.54, 1.807) is 0 Å². The number of aliphatic carboxylic acids is 1. The fraction of sp³-hybridized carbons (Fsp3) is 0.625. The van der Waals surface area contributed by atoms with Crippen molar-refractivity contribution >= 4 is 11.9 Å². The number of hydrogen-bond acceptors (Lipinski definition) is 3. The number of carbonyl (C=O) groups is 2. The summed E-state index contributed by atoms with van der Waals surface area (Å²) in [5.41, 5.74) is 0.948. The van der Waals surface area contributed by atoms with Crippen LogP contribution < -0.4 is 5.32 Å². The lowest BCUT2D eigenvalue weighted by atomic mass is 9.78. The van der Waals surface area contributed by atoms with Crippen LogP contribution in [0.5, 0.6) is 0 Å². The topological polar surface area (TPSA) is 79.5 Å². The minimum Gasteiger partial charge on any atom is -0.481 e. The Morgan fingerprint density at radius 2 is 1.90 bits per heavy atom. The van der Waals surface area contributed by atoms with Crippen LogP contribution in [0.25, 0.3) is 0 Å². The molecule has 3 unspecified atom stereocenters. The predicted octanol–water partition coefficient (Wildman–Crippen LogP) is 2.96. The van der Waals surface area contributed by atoms with E-state index in [9.17, 15) is 14.7 Å². The number of furan rings is 1. The molecule has 0 aliphatic heterocycles. The van der Waals surface area contributed by atoms with E-state index in [0.717, 1.165) is 29.9 Å². The number of hydrogen-bond donors (Lipinski definition) is 2. The fourth-order valence-electron chi connectivity index (χ4n) is 3.22. The molecule has 0 spiro atoms. The van der Waals surface area contributed by atoms with Crippen molar-refractivity contribution < 1.29 is 19.1 Å². The van der Waals surface area contributed by atoms with Crippen molar-refractivity contribution in [3.05, 3.63) is 23.2 Å². The molecule has 0 radical (unpaired) electrons. The summed E-state index contributed by atoms with van der Waals surface area (Å²) in [7, 11) is 0. The molecule has 2 N–H and O–H groups in total. The van der Waals surface area contributed by atoms with Gasteiger partial charge in [0.15, 0.2) is 0 Å². The Bertz CT molecular complexity index is 534. The first kappa shape index (κ1) is 15.6. The molecule has 3 atom stereocenters. The highest BCUT2D eigenvalue weighted by Crippen LogP contribution is 2.31. The SMILES string of the molecule is Cc1cc(C(C)NC(=O)C2CCCCC2C(=O)O)c(C)o1. The zero-order valence-corrected chi connectivity index (χ0v) is 12.8. The summed E-state index contributed by atoms with van der Waals surface area (Å²) >= 11 is 0. The van der Waals surface area contributed by atoms with Crippen molar-refractivity contribution in [2.24, 2.45) is 11.8 Å². The Kier molecular flexibility index (Phi) is 4.70. The molecule has 1 aromatic rings. The van der Waals surface area contributed by atoms with Crippen molar-refractivity contribution in [3.8, 4) is 0 Å². The third-order valence-electron chi connectivity index (χ3n) is 4.32. The number of carboxylic acids is 1. The van der Waals surface area contributed by atoms with Crippen molar-refractivity contribution in [1.82, 2.24) is 5.32 Å². The lowest BCUT2D eigenvalue weighted by molar-refractivity contribution is -0.149. The Morgan fingerprint density at radius 3 is 2.43 bits per heavy atom. The number of carbonyl (C=O) groups excluding carboxylic acids is 1. The number of amides is 1. The second-order valence-electron chi connectivity index (χ2n) is 5.93. The summed E-state index contributed by atoms with van der Waals surface area (Å²) in [5, 5.41) is 12.2. The minimum absolute atomic E-state index is 0.159. The van der Waals surface area contributed by atoms with Crippen molar-refractivity contribution in [1.29, 1.82) is 0 Å². The monoisotopic (exact) mass is 293 g/mol. The molecule has 5 heteroatoms. The molecule has 5 nitrogen and oxygen atoms in total. The van der Waals surface area contributed by atoms with Gasteiger partial charge in [0, 0.05) is 5.56 Å². The smallest absolute Gasteiger partial charge is 0.307 e. The molecule has 1 aliphatic rings. The van der Waals surface area contributed by atoms with Crippen LogP contribution >= 0.6 is 0 Å².